The number of anilines is 2. The molecule has 0 amide bonds. The van der Waals surface area contributed by atoms with Gasteiger partial charge in [-0.15, -0.1) is 0 Å². The molecule has 1 aromatic heterocycles. The Morgan fingerprint density at radius 3 is 2.52 bits per heavy atom. The Morgan fingerprint density at radius 2 is 1.86 bits per heavy atom. The Labute approximate surface area is 125 Å². The lowest BCUT2D eigenvalue weighted by molar-refractivity contribution is 0.410. The van der Waals surface area contributed by atoms with E-state index in [-0.39, 0.29) is 5.92 Å². The summed E-state index contributed by atoms with van der Waals surface area (Å²) in [6.45, 7) is 4.82. The van der Waals surface area contributed by atoms with Gasteiger partial charge in [-0.1, -0.05) is 32.0 Å². The van der Waals surface area contributed by atoms with Crippen LogP contribution in [-0.4, -0.2) is 24.1 Å². The molecule has 2 aromatic rings. The van der Waals surface area contributed by atoms with Crippen molar-refractivity contribution in [2.24, 2.45) is 0 Å². The first kappa shape index (κ1) is 15.1. The Bertz CT molecular complexity index is 599. The topological polar surface area (TPSA) is 59.1 Å². The van der Waals surface area contributed by atoms with E-state index < -0.39 is 0 Å². The SMILES string of the molecule is CNc1cc(NCc2ccccc2OC)nc(C(C)C)n1. The molecular weight excluding hydrogens is 264 g/mol. The average Bonchev–Trinajstić information content (AvgIpc) is 2.52. The van der Waals surface area contributed by atoms with Crippen molar-refractivity contribution in [3.63, 3.8) is 0 Å². The van der Waals surface area contributed by atoms with Crippen molar-refractivity contribution in [2.45, 2.75) is 26.3 Å². The third-order valence-corrected chi connectivity index (χ3v) is 3.17. The van der Waals surface area contributed by atoms with E-state index in [4.69, 9.17) is 4.74 Å². The number of nitrogens with one attached hydrogen (secondary N) is 2. The number of nitrogens with zero attached hydrogens (tertiary/aromatic N) is 2. The van der Waals surface area contributed by atoms with Crippen LogP contribution in [0.4, 0.5) is 11.6 Å². The Kier molecular flexibility index (Phi) is 4.98. The van der Waals surface area contributed by atoms with Crippen LogP contribution in [0.5, 0.6) is 5.75 Å². The highest BCUT2D eigenvalue weighted by molar-refractivity contribution is 5.48. The van der Waals surface area contributed by atoms with Crippen LogP contribution in [0.1, 0.15) is 31.2 Å². The van der Waals surface area contributed by atoms with Gasteiger partial charge in [0.15, 0.2) is 0 Å². The van der Waals surface area contributed by atoms with Crippen LogP contribution in [0.2, 0.25) is 0 Å². The summed E-state index contributed by atoms with van der Waals surface area (Å²) >= 11 is 0. The standard InChI is InChI=1S/C16H22N4O/c1-11(2)16-19-14(17-3)9-15(20-16)18-10-12-7-5-6-8-13(12)21-4/h5-9,11H,10H2,1-4H3,(H2,17,18,19,20). The van der Waals surface area contributed by atoms with Gasteiger partial charge >= 0.3 is 0 Å². The first-order valence-electron chi connectivity index (χ1n) is 7.06. The summed E-state index contributed by atoms with van der Waals surface area (Å²) in [7, 11) is 3.54. The number of hydrogen-bond donors (Lipinski definition) is 2. The summed E-state index contributed by atoms with van der Waals surface area (Å²) in [6, 6.07) is 9.85. The van der Waals surface area contributed by atoms with Gasteiger partial charge in [0.1, 0.15) is 23.2 Å². The van der Waals surface area contributed by atoms with E-state index in [1.165, 1.54) is 0 Å². The number of para-hydroxylation sites is 1. The molecule has 0 aliphatic carbocycles. The number of rotatable bonds is 6. The molecule has 0 spiro atoms. The van der Waals surface area contributed by atoms with Crippen LogP contribution < -0.4 is 15.4 Å². The predicted molar refractivity (Wildman–Crippen MR) is 86.0 cm³/mol. The van der Waals surface area contributed by atoms with Crippen molar-refractivity contribution in [1.29, 1.82) is 0 Å². The van der Waals surface area contributed by atoms with Gasteiger partial charge in [0.2, 0.25) is 0 Å². The molecule has 0 bridgehead atoms. The van der Waals surface area contributed by atoms with Crippen molar-refractivity contribution < 1.29 is 4.74 Å². The summed E-state index contributed by atoms with van der Waals surface area (Å²) < 4.78 is 5.36. The Hall–Kier alpha value is -2.30. The van der Waals surface area contributed by atoms with Crippen molar-refractivity contribution >= 4 is 11.6 Å². The molecule has 1 aromatic carbocycles. The van der Waals surface area contributed by atoms with Gasteiger partial charge in [-0.05, 0) is 6.07 Å². The van der Waals surface area contributed by atoms with Gasteiger partial charge in [0.05, 0.1) is 7.11 Å². The average molecular weight is 286 g/mol. The molecule has 2 rings (SSSR count). The van der Waals surface area contributed by atoms with E-state index >= 15 is 0 Å². The lowest BCUT2D eigenvalue weighted by atomic mass is 10.2. The lowest BCUT2D eigenvalue weighted by Crippen LogP contribution is -2.08. The van der Waals surface area contributed by atoms with Crippen molar-refractivity contribution in [1.82, 2.24) is 9.97 Å². The molecule has 5 heteroatoms. The number of aromatic nitrogens is 2. The van der Waals surface area contributed by atoms with Crippen LogP contribution in [0, 0.1) is 0 Å². The largest absolute Gasteiger partial charge is 0.496 e. The lowest BCUT2D eigenvalue weighted by Gasteiger charge is -2.13. The molecule has 0 saturated heterocycles. The van der Waals surface area contributed by atoms with Crippen LogP contribution in [0.15, 0.2) is 30.3 Å². The zero-order chi connectivity index (χ0) is 15.2. The first-order chi connectivity index (χ1) is 10.1. The fraction of sp³-hybridized carbons (Fsp3) is 0.375. The second kappa shape index (κ2) is 6.92. The molecule has 0 saturated carbocycles. The van der Waals surface area contributed by atoms with E-state index in [9.17, 15) is 0 Å². The zero-order valence-electron chi connectivity index (χ0n) is 13.0. The molecule has 5 nitrogen and oxygen atoms in total. The van der Waals surface area contributed by atoms with Gasteiger partial charge in [-0.2, -0.15) is 0 Å². The van der Waals surface area contributed by atoms with E-state index in [0.29, 0.717) is 6.54 Å². The van der Waals surface area contributed by atoms with Gasteiger partial charge in [0, 0.05) is 31.1 Å². The first-order valence-corrected chi connectivity index (χ1v) is 7.06. The maximum absolute atomic E-state index is 5.36. The monoisotopic (exact) mass is 286 g/mol. The van der Waals surface area contributed by atoms with Crippen LogP contribution in [0.25, 0.3) is 0 Å². The highest BCUT2D eigenvalue weighted by atomic mass is 16.5. The fourth-order valence-corrected chi connectivity index (χ4v) is 1.98. The predicted octanol–water partition coefficient (Wildman–Crippen LogP) is 3.26. The summed E-state index contributed by atoms with van der Waals surface area (Å²) in [5, 5.41) is 6.40. The van der Waals surface area contributed by atoms with Crippen molar-refractivity contribution in [2.75, 3.05) is 24.8 Å². The summed E-state index contributed by atoms with van der Waals surface area (Å²) in [5.74, 6) is 3.60. The van der Waals surface area contributed by atoms with E-state index in [1.54, 1.807) is 7.11 Å². The molecule has 2 N–H and O–H groups in total. The summed E-state index contributed by atoms with van der Waals surface area (Å²) in [4.78, 5) is 9.00. The van der Waals surface area contributed by atoms with Crippen molar-refractivity contribution in [3.8, 4) is 5.75 Å². The molecule has 0 fully saturated rings. The molecule has 0 aliphatic rings. The maximum atomic E-state index is 5.36. The highest BCUT2D eigenvalue weighted by Gasteiger charge is 2.08. The van der Waals surface area contributed by atoms with Crippen LogP contribution in [-0.2, 0) is 6.54 Å². The molecule has 21 heavy (non-hydrogen) atoms. The molecular formula is C16H22N4O. The number of ether oxygens (including phenoxy) is 1. The Morgan fingerprint density at radius 1 is 1.14 bits per heavy atom. The van der Waals surface area contributed by atoms with Crippen molar-refractivity contribution in [3.05, 3.63) is 41.7 Å². The fourth-order valence-electron chi connectivity index (χ4n) is 1.98. The normalized spacial score (nSPS) is 10.5. The number of methoxy groups -OCH3 is 1. The molecule has 0 atom stereocenters. The van der Waals surface area contributed by atoms with Crippen LogP contribution in [0.3, 0.4) is 0 Å². The second-order valence-corrected chi connectivity index (χ2v) is 5.07. The molecule has 0 unspecified atom stereocenters. The number of benzene rings is 1. The third kappa shape index (κ3) is 3.84. The second-order valence-electron chi connectivity index (χ2n) is 5.07. The van der Waals surface area contributed by atoms with Crippen LogP contribution >= 0.6 is 0 Å². The summed E-state index contributed by atoms with van der Waals surface area (Å²) in [6.07, 6.45) is 0. The molecule has 0 radical (unpaired) electrons. The highest BCUT2D eigenvalue weighted by Crippen LogP contribution is 2.20. The quantitative estimate of drug-likeness (QED) is 0.853. The van der Waals surface area contributed by atoms with E-state index in [0.717, 1.165) is 28.8 Å². The Balaban J connectivity index is 2.17. The molecule has 112 valence electrons. The molecule has 1 heterocycles. The maximum Gasteiger partial charge on any atom is 0.135 e. The van der Waals surface area contributed by atoms with E-state index in [2.05, 4.69) is 34.4 Å². The van der Waals surface area contributed by atoms with Gasteiger partial charge in [0.25, 0.3) is 0 Å². The minimum Gasteiger partial charge on any atom is -0.496 e. The third-order valence-electron chi connectivity index (χ3n) is 3.17. The number of hydrogen-bond acceptors (Lipinski definition) is 5. The van der Waals surface area contributed by atoms with Gasteiger partial charge < -0.3 is 15.4 Å². The van der Waals surface area contributed by atoms with Gasteiger partial charge in [-0.25, -0.2) is 9.97 Å². The summed E-state index contributed by atoms with van der Waals surface area (Å²) in [5.41, 5.74) is 1.09. The minimum atomic E-state index is 0.283. The minimum absolute atomic E-state index is 0.283. The smallest absolute Gasteiger partial charge is 0.135 e. The zero-order valence-corrected chi connectivity index (χ0v) is 13.0. The van der Waals surface area contributed by atoms with E-state index in [1.807, 2.05) is 37.4 Å². The molecule has 0 aliphatic heterocycles. The van der Waals surface area contributed by atoms with Gasteiger partial charge in [-0.3, -0.25) is 0 Å².